The predicted octanol–water partition coefficient (Wildman–Crippen LogP) is 3.62. The van der Waals surface area contributed by atoms with Crippen LogP contribution in [0.3, 0.4) is 0 Å². The van der Waals surface area contributed by atoms with E-state index in [1.807, 2.05) is 30.3 Å². The summed E-state index contributed by atoms with van der Waals surface area (Å²) >= 11 is 0. The molecule has 158 valence electrons. The molecule has 1 heterocycles. The van der Waals surface area contributed by atoms with E-state index >= 15 is 0 Å². The van der Waals surface area contributed by atoms with E-state index in [2.05, 4.69) is 20.5 Å². The van der Waals surface area contributed by atoms with Gasteiger partial charge < -0.3 is 9.47 Å². The van der Waals surface area contributed by atoms with E-state index in [1.165, 1.54) is 24.8 Å². The molecule has 0 saturated heterocycles. The van der Waals surface area contributed by atoms with E-state index in [0.717, 1.165) is 10.8 Å². The second-order valence-electron chi connectivity index (χ2n) is 6.61. The molecule has 0 bridgehead atoms. The van der Waals surface area contributed by atoms with Crippen molar-refractivity contribution in [3.8, 4) is 11.5 Å². The van der Waals surface area contributed by atoms with E-state index < -0.39 is 11.9 Å². The summed E-state index contributed by atoms with van der Waals surface area (Å²) in [5.74, 6) is -0.0894. The number of carbonyl (C=O) groups is 2. The molecule has 1 amide bonds. The highest BCUT2D eigenvalue weighted by Crippen LogP contribution is 2.27. The number of nitrogens with zero attached hydrogens (tertiary/aromatic N) is 3. The van der Waals surface area contributed by atoms with Gasteiger partial charge in [0, 0.05) is 18.0 Å². The van der Waals surface area contributed by atoms with Gasteiger partial charge in [-0.05, 0) is 41.1 Å². The average molecular weight is 426 g/mol. The lowest BCUT2D eigenvalue weighted by Crippen LogP contribution is -2.19. The molecule has 4 aromatic rings. The van der Waals surface area contributed by atoms with Crippen molar-refractivity contribution in [1.82, 2.24) is 15.4 Å². The lowest BCUT2D eigenvalue weighted by atomic mass is 10.0. The van der Waals surface area contributed by atoms with Gasteiger partial charge in [-0.3, -0.25) is 9.78 Å². The van der Waals surface area contributed by atoms with Crippen LogP contribution in [0.15, 0.2) is 84.4 Å². The summed E-state index contributed by atoms with van der Waals surface area (Å²) in [7, 11) is 1.55. The first-order chi connectivity index (χ1) is 15.7. The van der Waals surface area contributed by atoms with Gasteiger partial charge in [0.2, 0.25) is 0 Å². The highest BCUT2D eigenvalue weighted by molar-refractivity contribution is 6.04. The largest absolute Gasteiger partial charge is 0.497 e. The van der Waals surface area contributed by atoms with Crippen LogP contribution >= 0.6 is 0 Å². The number of hydrogen-bond donors (Lipinski definition) is 1. The molecule has 1 N–H and O–H groups in total. The van der Waals surface area contributed by atoms with Gasteiger partial charge >= 0.3 is 5.97 Å². The third-order valence-corrected chi connectivity index (χ3v) is 4.61. The molecule has 3 aromatic carbocycles. The quantitative estimate of drug-likeness (QED) is 0.219. The van der Waals surface area contributed by atoms with Crippen LogP contribution in [-0.4, -0.2) is 35.2 Å². The Hall–Kier alpha value is -4.59. The zero-order chi connectivity index (χ0) is 22.3. The maximum absolute atomic E-state index is 12.7. The fourth-order valence-corrected chi connectivity index (χ4v) is 3.01. The lowest BCUT2D eigenvalue weighted by molar-refractivity contribution is 0.0734. The molecule has 0 fully saturated rings. The first-order valence-corrected chi connectivity index (χ1v) is 9.63. The number of hydrogen-bond acceptors (Lipinski definition) is 7. The minimum atomic E-state index is -0.527. The highest BCUT2D eigenvalue weighted by Gasteiger charge is 2.14. The fourth-order valence-electron chi connectivity index (χ4n) is 3.01. The smallest absolute Gasteiger partial charge is 0.343 e. The van der Waals surface area contributed by atoms with Crippen molar-refractivity contribution in [3.63, 3.8) is 0 Å². The summed E-state index contributed by atoms with van der Waals surface area (Å²) in [6.07, 6.45) is 5.66. The van der Waals surface area contributed by atoms with Gasteiger partial charge in [-0.15, -0.1) is 0 Å². The molecule has 0 aliphatic rings. The molecule has 0 spiro atoms. The number of carbonyl (C=O) groups excluding carboxylic acids is 2. The van der Waals surface area contributed by atoms with E-state index in [4.69, 9.17) is 9.47 Å². The van der Waals surface area contributed by atoms with Crippen LogP contribution in [0.5, 0.6) is 11.5 Å². The molecule has 32 heavy (non-hydrogen) atoms. The van der Waals surface area contributed by atoms with Crippen molar-refractivity contribution < 1.29 is 19.1 Å². The summed E-state index contributed by atoms with van der Waals surface area (Å²) in [6.45, 7) is 0. The number of esters is 1. The minimum Gasteiger partial charge on any atom is -0.497 e. The van der Waals surface area contributed by atoms with E-state index in [0.29, 0.717) is 22.6 Å². The number of methoxy groups -OCH3 is 1. The minimum absolute atomic E-state index is 0.133. The normalized spacial score (nSPS) is 10.8. The van der Waals surface area contributed by atoms with Gasteiger partial charge in [-0.1, -0.05) is 30.3 Å². The molecule has 8 heteroatoms. The second kappa shape index (κ2) is 9.48. The molecule has 4 rings (SSSR count). The molecule has 0 aliphatic heterocycles. The lowest BCUT2D eigenvalue weighted by Gasteiger charge is -2.11. The molecule has 8 nitrogen and oxygen atoms in total. The zero-order valence-electron chi connectivity index (χ0n) is 17.1. The SMILES string of the molecule is COc1ccc(C(=O)Oc2ccc3ccccc3c2/C=N/NC(=O)c2cnccn2)cc1. The van der Waals surface area contributed by atoms with Crippen molar-refractivity contribution >= 4 is 28.9 Å². The zero-order valence-corrected chi connectivity index (χ0v) is 17.1. The number of benzene rings is 3. The number of nitrogens with one attached hydrogen (secondary N) is 1. The Morgan fingerprint density at radius 3 is 2.56 bits per heavy atom. The fraction of sp³-hybridized carbons (Fsp3) is 0.0417. The molecule has 1 aromatic heterocycles. The van der Waals surface area contributed by atoms with Crippen LogP contribution in [0.25, 0.3) is 10.8 Å². The molecule has 0 radical (unpaired) electrons. The molecular weight excluding hydrogens is 408 g/mol. The topological polar surface area (TPSA) is 103 Å². The third-order valence-electron chi connectivity index (χ3n) is 4.61. The summed E-state index contributed by atoms with van der Waals surface area (Å²) in [6, 6.07) is 17.7. The van der Waals surface area contributed by atoms with Crippen LogP contribution < -0.4 is 14.9 Å². The van der Waals surface area contributed by atoms with Crippen molar-refractivity contribution in [2.75, 3.05) is 7.11 Å². The maximum atomic E-state index is 12.7. The van der Waals surface area contributed by atoms with Crippen LogP contribution in [0.2, 0.25) is 0 Å². The molecule has 0 aliphatic carbocycles. The Balaban J connectivity index is 1.61. The summed E-state index contributed by atoms with van der Waals surface area (Å²) in [4.78, 5) is 32.6. The van der Waals surface area contributed by atoms with Crippen LogP contribution in [0, 0.1) is 0 Å². The molecule has 0 atom stereocenters. The monoisotopic (exact) mass is 426 g/mol. The predicted molar refractivity (Wildman–Crippen MR) is 119 cm³/mol. The number of ether oxygens (including phenoxy) is 2. The van der Waals surface area contributed by atoms with Crippen molar-refractivity contribution in [2.45, 2.75) is 0 Å². The Morgan fingerprint density at radius 1 is 1.00 bits per heavy atom. The maximum Gasteiger partial charge on any atom is 0.343 e. The van der Waals surface area contributed by atoms with Gasteiger partial charge in [0.25, 0.3) is 5.91 Å². The van der Waals surface area contributed by atoms with E-state index in [9.17, 15) is 9.59 Å². The van der Waals surface area contributed by atoms with Gasteiger partial charge in [0.05, 0.1) is 25.1 Å². The van der Waals surface area contributed by atoms with E-state index in [-0.39, 0.29) is 5.69 Å². The van der Waals surface area contributed by atoms with Crippen LogP contribution in [0.4, 0.5) is 0 Å². The summed E-state index contributed by atoms with van der Waals surface area (Å²) < 4.78 is 10.8. The number of aromatic nitrogens is 2. The average Bonchev–Trinajstić information content (AvgIpc) is 2.85. The van der Waals surface area contributed by atoms with Crippen LogP contribution in [-0.2, 0) is 0 Å². The third kappa shape index (κ3) is 4.59. The summed E-state index contributed by atoms with van der Waals surface area (Å²) in [5, 5.41) is 5.77. The van der Waals surface area contributed by atoms with Crippen molar-refractivity contribution in [2.24, 2.45) is 5.10 Å². The first kappa shape index (κ1) is 20.7. The Labute approximate surface area is 183 Å². The number of amides is 1. The van der Waals surface area contributed by atoms with Crippen molar-refractivity contribution in [3.05, 3.63) is 96.1 Å². The standard InChI is InChI=1S/C24H18N4O4/c1-31-18-9-6-17(7-10-18)24(30)32-22-11-8-16-4-2-3-5-19(16)20(22)14-27-28-23(29)21-15-25-12-13-26-21/h2-15H,1H3,(H,28,29)/b27-14+. The van der Waals surface area contributed by atoms with Crippen LogP contribution in [0.1, 0.15) is 26.4 Å². The summed E-state index contributed by atoms with van der Waals surface area (Å²) in [5.41, 5.74) is 3.46. The highest BCUT2D eigenvalue weighted by atomic mass is 16.5. The van der Waals surface area contributed by atoms with Gasteiger partial charge in [0.15, 0.2) is 0 Å². The van der Waals surface area contributed by atoms with Gasteiger partial charge in [0.1, 0.15) is 17.2 Å². The van der Waals surface area contributed by atoms with E-state index in [1.54, 1.807) is 37.4 Å². The molecule has 0 unspecified atom stereocenters. The van der Waals surface area contributed by atoms with Crippen molar-refractivity contribution in [1.29, 1.82) is 0 Å². The molecule has 0 saturated carbocycles. The first-order valence-electron chi connectivity index (χ1n) is 9.63. The number of fused-ring (bicyclic) bond motifs is 1. The Kier molecular flexibility index (Phi) is 6.12. The molecular formula is C24H18N4O4. The van der Waals surface area contributed by atoms with Gasteiger partial charge in [-0.2, -0.15) is 5.10 Å². The number of rotatable bonds is 6. The number of hydrazone groups is 1. The Bertz CT molecular complexity index is 1290. The second-order valence-corrected chi connectivity index (χ2v) is 6.61. The Morgan fingerprint density at radius 2 is 1.81 bits per heavy atom. The van der Waals surface area contributed by atoms with Gasteiger partial charge in [-0.25, -0.2) is 15.2 Å².